The van der Waals surface area contributed by atoms with E-state index in [0.29, 0.717) is 30.2 Å². The van der Waals surface area contributed by atoms with Crippen LogP contribution in [0.4, 0.5) is 0 Å². The van der Waals surface area contributed by atoms with Gasteiger partial charge in [-0.2, -0.15) is 0 Å². The normalized spacial score (nSPS) is 37.0. The third-order valence-electron chi connectivity index (χ3n) is 6.02. The van der Waals surface area contributed by atoms with E-state index >= 15 is 0 Å². The molecular formula is C18H24N2O. The van der Waals surface area contributed by atoms with Gasteiger partial charge in [0.2, 0.25) is 5.91 Å². The van der Waals surface area contributed by atoms with Gasteiger partial charge in [-0.05, 0) is 48.1 Å². The molecule has 1 saturated carbocycles. The first-order valence-corrected chi connectivity index (χ1v) is 8.30. The fourth-order valence-electron chi connectivity index (χ4n) is 4.74. The molecule has 1 amide bonds. The summed E-state index contributed by atoms with van der Waals surface area (Å²) in [5.41, 5.74) is 8.79. The lowest BCUT2D eigenvalue weighted by molar-refractivity contribution is -0.134. The van der Waals surface area contributed by atoms with Crippen LogP contribution in [0.3, 0.4) is 0 Å². The Hall–Kier alpha value is -1.35. The molecule has 0 aromatic heterocycles. The van der Waals surface area contributed by atoms with Crippen LogP contribution < -0.4 is 5.73 Å². The van der Waals surface area contributed by atoms with Gasteiger partial charge in [0.1, 0.15) is 0 Å². The minimum absolute atomic E-state index is 0.230. The Labute approximate surface area is 126 Å². The predicted molar refractivity (Wildman–Crippen MR) is 82.8 cm³/mol. The second kappa shape index (κ2) is 4.84. The molecule has 2 N–H and O–H groups in total. The van der Waals surface area contributed by atoms with E-state index in [9.17, 15) is 4.79 Å². The first kappa shape index (κ1) is 13.3. The maximum atomic E-state index is 13.0. The summed E-state index contributed by atoms with van der Waals surface area (Å²) in [4.78, 5) is 15.1. The Morgan fingerprint density at radius 3 is 2.95 bits per heavy atom. The fourth-order valence-corrected chi connectivity index (χ4v) is 4.74. The average molecular weight is 284 g/mol. The van der Waals surface area contributed by atoms with Crippen molar-refractivity contribution in [1.82, 2.24) is 4.90 Å². The molecule has 1 aromatic rings. The number of carbonyl (C=O) groups excluding carboxylic acids is 1. The van der Waals surface area contributed by atoms with Gasteiger partial charge in [-0.15, -0.1) is 0 Å². The van der Waals surface area contributed by atoms with Crippen molar-refractivity contribution < 1.29 is 4.79 Å². The third-order valence-corrected chi connectivity index (χ3v) is 6.02. The van der Waals surface area contributed by atoms with Gasteiger partial charge in [-0.25, -0.2) is 0 Å². The number of aryl methyl sites for hydroxylation is 1. The zero-order valence-corrected chi connectivity index (χ0v) is 12.7. The van der Waals surface area contributed by atoms with Crippen LogP contribution in [0.15, 0.2) is 24.3 Å². The smallest absolute Gasteiger partial charge is 0.226 e. The third kappa shape index (κ3) is 1.94. The standard InChI is InChI=1S/C18H24N2O/c1-11-8-9-20(15(11)10-19)18(21)17-14-7-6-12-4-2-3-5-13(12)16(14)17/h2-5,11,14-17H,6-10,19H2,1H3. The highest BCUT2D eigenvalue weighted by Crippen LogP contribution is 2.60. The quantitative estimate of drug-likeness (QED) is 0.904. The topological polar surface area (TPSA) is 46.3 Å². The highest BCUT2D eigenvalue weighted by atomic mass is 16.2. The number of benzene rings is 1. The SMILES string of the molecule is CC1CCN(C(=O)C2C3CCc4ccccc4C32)C1CN. The number of amides is 1. The monoisotopic (exact) mass is 284 g/mol. The molecule has 3 aliphatic rings. The second-order valence-electron chi connectivity index (χ2n) is 7.05. The molecule has 2 aliphatic carbocycles. The fraction of sp³-hybridized carbons (Fsp3) is 0.611. The van der Waals surface area contributed by atoms with Gasteiger partial charge in [0, 0.05) is 25.0 Å². The maximum Gasteiger partial charge on any atom is 0.226 e. The zero-order chi connectivity index (χ0) is 14.6. The summed E-state index contributed by atoms with van der Waals surface area (Å²) < 4.78 is 0. The van der Waals surface area contributed by atoms with E-state index in [4.69, 9.17) is 5.73 Å². The molecule has 112 valence electrons. The number of hydrogen-bond donors (Lipinski definition) is 1. The number of nitrogens with zero attached hydrogens (tertiary/aromatic N) is 1. The van der Waals surface area contributed by atoms with Gasteiger partial charge in [-0.1, -0.05) is 31.2 Å². The van der Waals surface area contributed by atoms with E-state index in [-0.39, 0.29) is 12.0 Å². The average Bonchev–Trinajstić information content (AvgIpc) is 3.14. The molecule has 1 saturated heterocycles. The molecule has 1 heterocycles. The largest absolute Gasteiger partial charge is 0.338 e. The van der Waals surface area contributed by atoms with Crippen LogP contribution in [0.2, 0.25) is 0 Å². The molecular weight excluding hydrogens is 260 g/mol. The van der Waals surface area contributed by atoms with Gasteiger partial charge < -0.3 is 10.6 Å². The van der Waals surface area contributed by atoms with Crippen LogP contribution in [0.1, 0.15) is 36.8 Å². The maximum absolute atomic E-state index is 13.0. The van der Waals surface area contributed by atoms with Crippen LogP contribution in [-0.4, -0.2) is 29.9 Å². The minimum atomic E-state index is 0.230. The van der Waals surface area contributed by atoms with Crippen molar-refractivity contribution in [1.29, 1.82) is 0 Å². The second-order valence-corrected chi connectivity index (χ2v) is 7.05. The van der Waals surface area contributed by atoms with Crippen LogP contribution in [-0.2, 0) is 11.2 Å². The molecule has 3 nitrogen and oxygen atoms in total. The highest BCUT2D eigenvalue weighted by molar-refractivity contribution is 5.84. The van der Waals surface area contributed by atoms with E-state index in [1.54, 1.807) is 0 Å². The Morgan fingerprint density at radius 2 is 2.14 bits per heavy atom. The van der Waals surface area contributed by atoms with Crippen LogP contribution in [0.5, 0.6) is 0 Å². The first-order valence-electron chi connectivity index (χ1n) is 8.30. The van der Waals surface area contributed by atoms with Gasteiger partial charge in [0.15, 0.2) is 0 Å². The van der Waals surface area contributed by atoms with E-state index in [1.165, 1.54) is 17.5 Å². The van der Waals surface area contributed by atoms with Crippen LogP contribution in [0.25, 0.3) is 0 Å². The Balaban J connectivity index is 1.56. The van der Waals surface area contributed by atoms with Crippen molar-refractivity contribution in [3.8, 4) is 0 Å². The zero-order valence-electron chi connectivity index (χ0n) is 12.7. The molecule has 4 rings (SSSR count). The number of rotatable bonds is 2. The number of carbonyl (C=O) groups is 1. The highest BCUT2D eigenvalue weighted by Gasteiger charge is 2.58. The molecule has 3 heteroatoms. The first-order chi connectivity index (χ1) is 10.2. The Kier molecular flexibility index (Phi) is 3.07. The van der Waals surface area contributed by atoms with Gasteiger partial charge in [0.05, 0.1) is 0 Å². The van der Waals surface area contributed by atoms with Crippen molar-refractivity contribution in [2.45, 2.75) is 38.1 Å². The van der Waals surface area contributed by atoms with Crippen LogP contribution in [0, 0.1) is 17.8 Å². The van der Waals surface area contributed by atoms with Crippen molar-refractivity contribution in [2.75, 3.05) is 13.1 Å². The number of fused-ring (bicyclic) bond motifs is 3. The molecule has 2 fully saturated rings. The Morgan fingerprint density at radius 1 is 1.33 bits per heavy atom. The summed E-state index contributed by atoms with van der Waals surface area (Å²) in [5, 5.41) is 0. The number of hydrogen-bond acceptors (Lipinski definition) is 2. The van der Waals surface area contributed by atoms with E-state index in [1.807, 2.05) is 0 Å². The Bertz CT molecular complexity index is 570. The molecule has 1 aromatic carbocycles. The number of likely N-dealkylation sites (tertiary alicyclic amines) is 1. The lowest BCUT2D eigenvalue weighted by Crippen LogP contribution is -2.43. The summed E-state index contributed by atoms with van der Waals surface area (Å²) in [6, 6.07) is 8.95. The molecule has 0 spiro atoms. The van der Waals surface area contributed by atoms with E-state index in [0.717, 1.165) is 19.4 Å². The van der Waals surface area contributed by atoms with Crippen molar-refractivity contribution in [2.24, 2.45) is 23.5 Å². The summed E-state index contributed by atoms with van der Waals surface area (Å²) in [6.07, 6.45) is 3.42. The summed E-state index contributed by atoms with van der Waals surface area (Å²) in [6.45, 7) is 3.73. The van der Waals surface area contributed by atoms with Gasteiger partial charge >= 0.3 is 0 Å². The van der Waals surface area contributed by atoms with Crippen molar-refractivity contribution in [3.63, 3.8) is 0 Å². The van der Waals surface area contributed by atoms with Gasteiger partial charge in [0.25, 0.3) is 0 Å². The minimum Gasteiger partial charge on any atom is -0.338 e. The van der Waals surface area contributed by atoms with Crippen molar-refractivity contribution in [3.05, 3.63) is 35.4 Å². The predicted octanol–water partition coefficient (Wildman–Crippen LogP) is 2.16. The van der Waals surface area contributed by atoms with E-state index in [2.05, 4.69) is 36.1 Å². The lowest BCUT2D eigenvalue weighted by atomic mass is 9.92. The van der Waals surface area contributed by atoms with Crippen LogP contribution >= 0.6 is 0 Å². The lowest BCUT2D eigenvalue weighted by Gasteiger charge is -2.26. The van der Waals surface area contributed by atoms with Crippen molar-refractivity contribution >= 4 is 5.91 Å². The summed E-state index contributed by atoms with van der Waals surface area (Å²) >= 11 is 0. The summed E-state index contributed by atoms with van der Waals surface area (Å²) in [5.74, 6) is 2.22. The molecule has 0 radical (unpaired) electrons. The number of nitrogens with two attached hydrogens (primary N) is 1. The molecule has 0 bridgehead atoms. The van der Waals surface area contributed by atoms with E-state index < -0.39 is 0 Å². The molecule has 1 aliphatic heterocycles. The molecule has 21 heavy (non-hydrogen) atoms. The molecule has 5 unspecified atom stereocenters. The molecule has 5 atom stereocenters. The summed E-state index contributed by atoms with van der Waals surface area (Å²) in [7, 11) is 0. The van der Waals surface area contributed by atoms with Gasteiger partial charge in [-0.3, -0.25) is 4.79 Å².